The summed E-state index contributed by atoms with van der Waals surface area (Å²) in [6.07, 6.45) is 2.11. The van der Waals surface area contributed by atoms with Crippen molar-refractivity contribution in [3.63, 3.8) is 0 Å². The van der Waals surface area contributed by atoms with E-state index in [0.717, 1.165) is 0 Å². The van der Waals surface area contributed by atoms with E-state index in [1.807, 2.05) is 0 Å². The van der Waals surface area contributed by atoms with Crippen molar-refractivity contribution in [1.82, 2.24) is 4.57 Å². The molecule has 0 aliphatic heterocycles. The first-order valence-electron chi connectivity index (χ1n) is 8.03. The predicted octanol–water partition coefficient (Wildman–Crippen LogP) is 6.30. The summed E-state index contributed by atoms with van der Waals surface area (Å²) in [7, 11) is 0. The maximum atomic E-state index is 2.33. The Morgan fingerprint density at radius 1 is 0.826 bits per heavy atom. The fourth-order valence-corrected chi connectivity index (χ4v) is 3.28. The van der Waals surface area contributed by atoms with E-state index in [9.17, 15) is 0 Å². The highest BCUT2D eigenvalue weighted by molar-refractivity contribution is 7.98. The lowest BCUT2D eigenvalue weighted by molar-refractivity contribution is 0.865. The number of benzene rings is 2. The van der Waals surface area contributed by atoms with Gasteiger partial charge in [-0.3, -0.25) is 0 Å². The van der Waals surface area contributed by atoms with Crippen LogP contribution in [0, 0.1) is 6.92 Å². The molecule has 3 aromatic rings. The van der Waals surface area contributed by atoms with E-state index >= 15 is 0 Å². The molecule has 0 spiro atoms. The van der Waals surface area contributed by atoms with E-state index < -0.39 is 0 Å². The topological polar surface area (TPSA) is 4.93 Å². The predicted molar refractivity (Wildman–Crippen MR) is 102 cm³/mol. The van der Waals surface area contributed by atoms with Gasteiger partial charge in [-0.15, -0.1) is 11.8 Å². The van der Waals surface area contributed by atoms with Crippen LogP contribution in [0.15, 0.2) is 65.6 Å². The molecule has 0 saturated carbocycles. The van der Waals surface area contributed by atoms with Gasteiger partial charge in [-0.25, -0.2) is 0 Å². The highest BCUT2D eigenvalue weighted by Gasteiger charge is 2.10. The second kappa shape index (κ2) is 6.67. The minimum absolute atomic E-state index is 0.563. The van der Waals surface area contributed by atoms with Crippen molar-refractivity contribution >= 4 is 11.8 Å². The smallest absolute Gasteiger partial charge is 0.0531 e. The molecule has 1 nitrogen and oxygen atoms in total. The second-order valence-corrected chi connectivity index (χ2v) is 7.05. The molecule has 3 rings (SSSR count). The minimum atomic E-state index is 0.563. The van der Waals surface area contributed by atoms with Gasteiger partial charge in [0, 0.05) is 16.3 Å². The Labute approximate surface area is 143 Å². The van der Waals surface area contributed by atoms with E-state index in [0.29, 0.717) is 5.92 Å². The van der Waals surface area contributed by atoms with E-state index in [-0.39, 0.29) is 0 Å². The molecule has 23 heavy (non-hydrogen) atoms. The maximum absolute atomic E-state index is 2.33. The first kappa shape index (κ1) is 15.9. The van der Waals surface area contributed by atoms with E-state index in [1.165, 1.54) is 33.1 Å². The van der Waals surface area contributed by atoms with Gasteiger partial charge in [0.15, 0.2) is 0 Å². The summed E-state index contributed by atoms with van der Waals surface area (Å²) in [5, 5.41) is 0. The second-order valence-electron chi connectivity index (χ2n) is 6.17. The van der Waals surface area contributed by atoms with Gasteiger partial charge in [0.2, 0.25) is 0 Å². The summed E-state index contributed by atoms with van der Waals surface area (Å²) < 4.78 is 2.33. The molecule has 0 fully saturated rings. The monoisotopic (exact) mass is 321 g/mol. The normalized spacial score (nSPS) is 11.2. The molecule has 0 N–H and O–H groups in total. The molecule has 2 aromatic carbocycles. The first-order valence-corrected chi connectivity index (χ1v) is 9.25. The molecule has 0 radical (unpaired) electrons. The number of hydrogen-bond donors (Lipinski definition) is 0. The van der Waals surface area contributed by atoms with Gasteiger partial charge in [0.1, 0.15) is 0 Å². The summed E-state index contributed by atoms with van der Waals surface area (Å²) in [6.45, 7) is 6.62. The van der Waals surface area contributed by atoms with Crippen LogP contribution in [0.5, 0.6) is 0 Å². The highest BCUT2D eigenvalue weighted by Crippen LogP contribution is 2.28. The number of hydrogen-bond acceptors (Lipinski definition) is 1. The van der Waals surface area contributed by atoms with Gasteiger partial charge in [-0.05, 0) is 66.6 Å². The molecule has 118 valence electrons. The van der Waals surface area contributed by atoms with Crippen LogP contribution < -0.4 is 0 Å². The quantitative estimate of drug-likeness (QED) is 0.511. The van der Waals surface area contributed by atoms with Crippen LogP contribution in [0.4, 0.5) is 0 Å². The fraction of sp³-hybridized carbons (Fsp3) is 0.238. The molecular formula is C21H23NS. The Hall–Kier alpha value is -1.93. The van der Waals surface area contributed by atoms with Crippen molar-refractivity contribution in [2.75, 3.05) is 6.26 Å². The Balaban J connectivity index is 2.04. The maximum Gasteiger partial charge on any atom is 0.0531 e. The van der Waals surface area contributed by atoms with E-state index in [4.69, 9.17) is 0 Å². The molecule has 0 saturated heterocycles. The van der Waals surface area contributed by atoms with Crippen molar-refractivity contribution in [2.45, 2.75) is 31.6 Å². The van der Waals surface area contributed by atoms with Crippen LogP contribution in [0.2, 0.25) is 0 Å². The third-order valence-electron chi connectivity index (χ3n) is 4.28. The molecule has 0 unspecified atom stereocenters. The van der Waals surface area contributed by atoms with E-state index in [2.05, 4.69) is 92.3 Å². The van der Waals surface area contributed by atoms with Gasteiger partial charge in [0.25, 0.3) is 0 Å². The average Bonchev–Trinajstić information content (AvgIpc) is 2.96. The van der Waals surface area contributed by atoms with Crippen LogP contribution in [-0.2, 0) is 0 Å². The SMILES string of the molecule is CSc1ccc(-c2ccc(C)n2-c2ccc(C(C)C)cc2)cc1. The molecule has 2 heteroatoms. The van der Waals surface area contributed by atoms with Crippen LogP contribution in [0.3, 0.4) is 0 Å². The van der Waals surface area contributed by atoms with Crippen molar-refractivity contribution in [2.24, 2.45) is 0 Å². The Kier molecular flexibility index (Phi) is 4.63. The third-order valence-corrected chi connectivity index (χ3v) is 5.02. The zero-order valence-corrected chi connectivity index (χ0v) is 15.0. The number of aromatic nitrogens is 1. The Morgan fingerprint density at radius 2 is 1.48 bits per heavy atom. The van der Waals surface area contributed by atoms with Gasteiger partial charge in [0.05, 0.1) is 5.69 Å². The Morgan fingerprint density at radius 3 is 2.04 bits per heavy atom. The first-order chi connectivity index (χ1) is 11.1. The number of rotatable bonds is 4. The summed E-state index contributed by atoms with van der Waals surface area (Å²) in [6, 6.07) is 22.1. The molecule has 0 aliphatic rings. The van der Waals surface area contributed by atoms with Gasteiger partial charge >= 0.3 is 0 Å². The summed E-state index contributed by atoms with van der Waals surface area (Å²) >= 11 is 1.78. The molecule has 1 heterocycles. The average molecular weight is 321 g/mol. The lowest BCUT2D eigenvalue weighted by atomic mass is 10.0. The minimum Gasteiger partial charge on any atom is -0.314 e. The number of nitrogens with zero attached hydrogens (tertiary/aromatic N) is 1. The summed E-state index contributed by atoms with van der Waals surface area (Å²) in [5.74, 6) is 0.563. The lowest BCUT2D eigenvalue weighted by Crippen LogP contribution is -1.99. The van der Waals surface area contributed by atoms with Crippen molar-refractivity contribution in [1.29, 1.82) is 0 Å². The van der Waals surface area contributed by atoms with Crippen molar-refractivity contribution in [3.8, 4) is 16.9 Å². The third kappa shape index (κ3) is 3.23. The standard InChI is InChI=1S/C21H23NS/c1-15(2)17-6-10-19(11-7-17)22-16(3)5-14-21(22)18-8-12-20(23-4)13-9-18/h5-15H,1-4H3. The summed E-state index contributed by atoms with van der Waals surface area (Å²) in [4.78, 5) is 1.30. The van der Waals surface area contributed by atoms with Crippen LogP contribution >= 0.6 is 11.8 Å². The highest BCUT2D eigenvalue weighted by atomic mass is 32.2. The van der Waals surface area contributed by atoms with Crippen molar-refractivity contribution in [3.05, 3.63) is 71.9 Å². The number of thioether (sulfide) groups is 1. The molecule has 0 amide bonds. The van der Waals surface area contributed by atoms with Gasteiger partial charge in [-0.2, -0.15) is 0 Å². The molecular weight excluding hydrogens is 298 g/mol. The largest absolute Gasteiger partial charge is 0.314 e. The zero-order chi connectivity index (χ0) is 16.4. The molecule has 0 aliphatic carbocycles. The van der Waals surface area contributed by atoms with Gasteiger partial charge < -0.3 is 4.57 Å². The van der Waals surface area contributed by atoms with Crippen molar-refractivity contribution < 1.29 is 0 Å². The Bertz CT molecular complexity index is 780. The summed E-state index contributed by atoms with van der Waals surface area (Å²) in [5.41, 5.74) is 6.35. The van der Waals surface area contributed by atoms with E-state index in [1.54, 1.807) is 11.8 Å². The van der Waals surface area contributed by atoms with Gasteiger partial charge in [-0.1, -0.05) is 38.1 Å². The molecule has 0 bridgehead atoms. The molecule has 0 atom stereocenters. The zero-order valence-electron chi connectivity index (χ0n) is 14.2. The van der Waals surface area contributed by atoms with Crippen LogP contribution in [-0.4, -0.2) is 10.8 Å². The van der Waals surface area contributed by atoms with Crippen LogP contribution in [0.25, 0.3) is 16.9 Å². The molecule has 1 aromatic heterocycles. The number of aryl methyl sites for hydroxylation is 1. The van der Waals surface area contributed by atoms with Crippen LogP contribution in [0.1, 0.15) is 31.0 Å². The fourth-order valence-electron chi connectivity index (χ4n) is 2.88. The lowest BCUT2D eigenvalue weighted by Gasteiger charge is -2.14.